The SMILES string of the molecule is CCc1ccc(C(Br)c2cc(C)c(Cl)cc2C)s1. The molecular weight excluding hydrogens is 328 g/mol. The third kappa shape index (κ3) is 2.81. The Hall–Kier alpha value is -0.310. The van der Waals surface area contributed by atoms with Gasteiger partial charge in [0.15, 0.2) is 0 Å². The number of hydrogen-bond acceptors (Lipinski definition) is 1. The van der Waals surface area contributed by atoms with Crippen LogP contribution in [-0.2, 0) is 6.42 Å². The van der Waals surface area contributed by atoms with Crippen molar-refractivity contribution in [3.05, 3.63) is 55.7 Å². The second-order valence-corrected chi connectivity index (χ2v) is 7.00. The molecule has 0 saturated carbocycles. The van der Waals surface area contributed by atoms with Gasteiger partial charge in [-0.3, -0.25) is 0 Å². The van der Waals surface area contributed by atoms with Crippen LogP contribution in [0.25, 0.3) is 0 Å². The molecule has 0 fully saturated rings. The van der Waals surface area contributed by atoms with Crippen LogP contribution < -0.4 is 0 Å². The van der Waals surface area contributed by atoms with Gasteiger partial charge in [0, 0.05) is 14.8 Å². The zero-order valence-corrected chi connectivity index (χ0v) is 13.9. The van der Waals surface area contributed by atoms with Gasteiger partial charge < -0.3 is 0 Å². The normalized spacial score (nSPS) is 12.7. The minimum absolute atomic E-state index is 0.263. The van der Waals surface area contributed by atoms with E-state index in [2.05, 4.69) is 61.0 Å². The molecule has 2 aromatic rings. The number of rotatable bonds is 3. The van der Waals surface area contributed by atoms with Crippen molar-refractivity contribution in [1.82, 2.24) is 0 Å². The molecule has 0 aliphatic heterocycles. The smallest absolute Gasteiger partial charge is 0.0740 e. The maximum Gasteiger partial charge on any atom is 0.0740 e. The molecule has 0 N–H and O–H groups in total. The van der Waals surface area contributed by atoms with Crippen molar-refractivity contribution in [3.63, 3.8) is 0 Å². The van der Waals surface area contributed by atoms with Crippen molar-refractivity contribution in [2.24, 2.45) is 0 Å². The van der Waals surface area contributed by atoms with E-state index in [1.807, 2.05) is 11.3 Å². The molecule has 1 heterocycles. The summed E-state index contributed by atoms with van der Waals surface area (Å²) in [6.45, 7) is 6.36. The zero-order chi connectivity index (χ0) is 13.3. The lowest BCUT2D eigenvalue weighted by molar-refractivity contribution is 1.16. The van der Waals surface area contributed by atoms with Gasteiger partial charge in [-0.25, -0.2) is 0 Å². The molecule has 1 atom stereocenters. The first-order chi connectivity index (χ1) is 8.52. The van der Waals surface area contributed by atoms with Crippen LogP contribution in [0, 0.1) is 13.8 Å². The van der Waals surface area contributed by atoms with Gasteiger partial charge in [-0.15, -0.1) is 11.3 Å². The molecule has 2 rings (SSSR count). The van der Waals surface area contributed by atoms with Crippen LogP contribution in [0.1, 0.15) is 38.2 Å². The Balaban J connectivity index is 2.39. The number of benzene rings is 1. The Bertz CT molecular complexity index is 560. The summed E-state index contributed by atoms with van der Waals surface area (Å²) < 4.78 is 0. The van der Waals surface area contributed by atoms with Crippen LogP contribution in [0.15, 0.2) is 24.3 Å². The van der Waals surface area contributed by atoms with Gasteiger partial charge in [0.05, 0.1) is 4.83 Å². The summed E-state index contributed by atoms with van der Waals surface area (Å²) in [5.41, 5.74) is 3.68. The second kappa shape index (κ2) is 5.77. The van der Waals surface area contributed by atoms with Gasteiger partial charge in [-0.05, 0) is 55.2 Å². The lowest BCUT2D eigenvalue weighted by Crippen LogP contribution is -1.95. The highest BCUT2D eigenvalue weighted by molar-refractivity contribution is 9.09. The summed E-state index contributed by atoms with van der Waals surface area (Å²) in [4.78, 5) is 3.05. The van der Waals surface area contributed by atoms with E-state index in [4.69, 9.17) is 11.6 Å². The Labute approximate surface area is 126 Å². The Morgan fingerprint density at radius 1 is 1.22 bits per heavy atom. The van der Waals surface area contributed by atoms with Crippen molar-refractivity contribution < 1.29 is 0 Å². The number of hydrogen-bond donors (Lipinski definition) is 0. The van der Waals surface area contributed by atoms with E-state index >= 15 is 0 Å². The third-order valence-electron chi connectivity index (χ3n) is 3.10. The van der Waals surface area contributed by atoms with Gasteiger partial charge in [0.25, 0.3) is 0 Å². The highest BCUT2D eigenvalue weighted by Gasteiger charge is 2.16. The molecular formula is C15H16BrClS. The van der Waals surface area contributed by atoms with Gasteiger partial charge in [0.1, 0.15) is 0 Å². The second-order valence-electron chi connectivity index (χ2n) is 4.48. The first-order valence-electron chi connectivity index (χ1n) is 6.02. The van der Waals surface area contributed by atoms with E-state index in [1.165, 1.54) is 20.9 Å². The predicted octanol–water partition coefficient (Wildman–Crippen LogP) is 6.07. The largest absolute Gasteiger partial charge is 0.144 e. The van der Waals surface area contributed by atoms with Crippen LogP contribution in [-0.4, -0.2) is 0 Å². The fourth-order valence-electron chi connectivity index (χ4n) is 1.95. The molecule has 1 aromatic carbocycles. The first kappa shape index (κ1) is 14.1. The standard InChI is InChI=1S/C15H16BrClS/c1-4-11-5-6-14(18-11)15(16)12-7-10(3)13(17)8-9(12)2/h5-8,15H,4H2,1-3H3. The van der Waals surface area contributed by atoms with Crippen LogP contribution >= 0.6 is 38.9 Å². The Kier molecular flexibility index (Phi) is 4.52. The molecule has 1 aromatic heterocycles. The van der Waals surface area contributed by atoms with Crippen LogP contribution in [0.3, 0.4) is 0 Å². The van der Waals surface area contributed by atoms with Crippen molar-refractivity contribution >= 4 is 38.9 Å². The molecule has 0 aliphatic rings. The fourth-order valence-corrected chi connectivity index (χ4v) is 4.04. The molecule has 3 heteroatoms. The maximum absolute atomic E-state index is 6.15. The first-order valence-corrected chi connectivity index (χ1v) is 8.13. The van der Waals surface area contributed by atoms with E-state index < -0.39 is 0 Å². The van der Waals surface area contributed by atoms with Crippen molar-refractivity contribution in [2.75, 3.05) is 0 Å². The van der Waals surface area contributed by atoms with E-state index in [0.717, 1.165) is 17.0 Å². The number of aryl methyl sites for hydroxylation is 3. The Morgan fingerprint density at radius 2 is 1.94 bits per heavy atom. The van der Waals surface area contributed by atoms with E-state index in [-0.39, 0.29) is 4.83 Å². The molecule has 0 aliphatic carbocycles. The molecule has 96 valence electrons. The average Bonchev–Trinajstić information content (AvgIpc) is 2.81. The highest BCUT2D eigenvalue weighted by Crippen LogP contribution is 2.38. The summed E-state index contributed by atoms with van der Waals surface area (Å²) in [6, 6.07) is 8.66. The van der Waals surface area contributed by atoms with Crippen LogP contribution in [0.4, 0.5) is 0 Å². The van der Waals surface area contributed by atoms with Crippen LogP contribution in [0.2, 0.25) is 5.02 Å². The summed E-state index contributed by atoms with van der Waals surface area (Å²) in [5, 5.41) is 0.844. The Morgan fingerprint density at radius 3 is 2.56 bits per heavy atom. The molecule has 1 unspecified atom stereocenters. The maximum atomic E-state index is 6.15. The monoisotopic (exact) mass is 342 g/mol. The number of alkyl halides is 1. The third-order valence-corrected chi connectivity index (χ3v) is 6.09. The molecule has 0 nitrogen and oxygen atoms in total. The molecule has 0 saturated heterocycles. The quantitative estimate of drug-likeness (QED) is 0.594. The molecule has 0 spiro atoms. The molecule has 0 amide bonds. The van der Waals surface area contributed by atoms with Crippen LogP contribution in [0.5, 0.6) is 0 Å². The number of halogens is 2. The van der Waals surface area contributed by atoms with Gasteiger partial charge in [-0.1, -0.05) is 40.5 Å². The highest BCUT2D eigenvalue weighted by atomic mass is 79.9. The predicted molar refractivity (Wildman–Crippen MR) is 85.4 cm³/mol. The van der Waals surface area contributed by atoms with Crippen molar-refractivity contribution in [3.8, 4) is 0 Å². The minimum atomic E-state index is 0.263. The van der Waals surface area contributed by atoms with E-state index in [1.54, 1.807) is 0 Å². The average molecular weight is 344 g/mol. The zero-order valence-electron chi connectivity index (χ0n) is 10.8. The lowest BCUT2D eigenvalue weighted by atomic mass is 10.0. The molecule has 18 heavy (non-hydrogen) atoms. The van der Waals surface area contributed by atoms with Crippen molar-refractivity contribution in [2.45, 2.75) is 32.0 Å². The van der Waals surface area contributed by atoms with Gasteiger partial charge in [-0.2, -0.15) is 0 Å². The van der Waals surface area contributed by atoms with Gasteiger partial charge in [0.2, 0.25) is 0 Å². The molecule has 0 radical (unpaired) electrons. The molecule has 0 bridgehead atoms. The summed E-state index contributed by atoms with van der Waals surface area (Å²) >= 11 is 11.8. The fraction of sp³-hybridized carbons (Fsp3) is 0.333. The van der Waals surface area contributed by atoms with Crippen molar-refractivity contribution in [1.29, 1.82) is 0 Å². The topological polar surface area (TPSA) is 0 Å². The minimum Gasteiger partial charge on any atom is -0.144 e. The summed E-state index contributed by atoms with van der Waals surface area (Å²) in [6.07, 6.45) is 1.10. The van der Waals surface area contributed by atoms with E-state index in [0.29, 0.717) is 0 Å². The van der Waals surface area contributed by atoms with E-state index in [9.17, 15) is 0 Å². The lowest BCUT2D eigenvalue weighted by Gasteiger charge is -2.13. The summed E-state index contributed by atoms with van der Waals surface area (Å²) in [5.74, 6) is 0. The van der Waals surface area contributed by atoms with Gasteiger partial charge >= 0.3 is 0 Å². The summed E-state index contributed by atoms with van der Waals surface area (Å²) in [7, 11) is 0. The number of thiophene rings is 1.